The van der Waals surface area contributed by atoms with Crippen molar-refractivity contribution < 1.29 is 22.7 Å². The fraction of sp³-hybridized carbons (Fsp3) is 0.227. The first-order chi connectivity index (χ1) is 14.9. The van der Waals surface area contributed by atoms with Crippen molar-refractivity contribution in [3.63, 3.8) is 0 Å². The molecule has 2 aromatic heterocycles. The van der Waals surface area contributed by atoms with E-state index in [0.29, 0.717) is 22.1 Å². The molecule has 0 bridgehead atoms. The van der Waals surface area contributed by atoms with Crippen LogP contribution in [-0.2, 0) is 12.1 Å². The van der Waals surface area contributed by atoms with Crippen LogP contribution >= 0.6 is 0 Å². The molecule has 0 spiro atoms. The number of anilines is 1. The lowest BCUT2D eigenvalue weighted by Crippen LogP contribution is -2.27. The molecule has 0 saturated heterocycles. The molecule has 0 saturated carbocycles. The number of halogens is 2. The van der Waals surface area contributed by atoms with E-state index in [4.69, 9.17) is 8.83 Å². The molecular formula is C22H19F2N3O4. The van der Waals surface area contributed by atoms with Gasteiger partial charge in [0.25, 0.3) is 5.89 Å². The van der Waals surface area contributed by atoms with Crippen LogP contribution in [0.5, 0.6) is 0 Å². The van der Waals surface area contributed by atoms with Gasteiger partial charge in [-0.1, -0.05) is 36.3 Å². The lowest BCUT2D eigenvalue weighted by molar-refractivity contribution is -0.0164. The van der Waals surface area contributed by atoms with Gasteiger partial charge in [-0.15, -0.1) is 5.10 Å². The minimum Gasteiger partial charge on any atom is -0.423 e. The van der Waals surface area contributed by atoms with Crippen molar-refractivity contribution in [3.05, 3.63) is 76.2 Å². The van der Waals surface area contributed by atoms with Gasteiger partial charge in [0.15, 0.2) is 5.60 Å². The lowest BCUT2D eigenvalue weighted by atomic mass is 10.0. The molecule has 160 valence electrons. The monoisotopic (exact) mass is 427 g/mol. The third-order valence-electron chi connectivity index (χ3n) is 5.04. The van der Waals surface area contributed by atoms with E-state index in [1.807, 2.05) is 6.07 Å². The van der Waals surface area contributed by atoms with Gasteiger partial charge in [-0.3, -0.25) is 0 Å². The van der Waals surface area contributed by atoms with Crippen LogP contribution in [-0.4, -0.2) is 22.0 Å². The normalized spacial score (nSPS) is 13.3. The summed E-state index contributed by atoms with van der Waals surface area (Å²) in [6, 6.07) is 12.6. The first-order valence-corrected chi connectivity index (χ1v) is 9.61. The van der Waals surface area contributed by atoms with E-state index >= 15 is 0 Å². The van der Waals surface area contributed by atoms with Crippen LogP contribution in [0.3, 0.4) is 0 Å². The zero-order valence-corrected chi connectivity index (χ0v) is 16.6. The molecule has 0 unspecified atom stereocenters. The minimum absolute atomic E-state index is 0.0249. The van der Waals surface area contributed by atoms with Crippen molar-refractivity contribution in [2.45, 2.75) is 25.5 Å². The van der Waals surface area contributed by atoms with E-state index in [2.05, 4.69) is 15.5 Å². The molecule has 0 aliphatic rings. The highest BCUT2D eigenvalue weighted by atomic mass is 19.1. The molecule has 2 heterocycles. The highest BCUT2D eigenvalue weighted by Gasteiger charge is 2.33. The third kappa shape index (κ3) is 4.17. The van der Waals surface area contributed by atoms with Gasteiger partial charge in [0, 0.05) is 18.0 Å². The minimum atomic E-state index is -1.81. The molecule has 0 fully saturated rings. The SMILES string of the molecule is CC[C@](O)(CF)c1nnc(NCc2ccc3c(-c4ccc(F)cc4)cc(=O)oc3c2)o1. The van der Waals surface area contributed by atoms with E-state index in [1.54, 1.807) is 31.2 Å². The number of nitrogens with zero attached hydrogens (tertiary/aromatic N) is 2. The van der Waals surface area contributed by atoms with Gasteiger partial charge in [0.2, 0.25) is 0 Å². The molecule has 7 nitrogen and oxygen atoms in total. The van der Waals surface area contributed by atoms with E-state index in [9.17, 15) is 18.7 Å². The molecule has 0 radical (unpaired) electrons. The summed E-state index contributed by atoms with van der Waals surface area (Å²) in [6.45, 7) is 0.827. The van der Waals surface area contributed by atoms with Crippen LogP contribution in [0.25, 0.3) is 22.1 Å². The Kier molecular flexibility index (Phi) is 5.51. The Labute approximate surface area is 175 Å². The number of benzene rings is 2. The van der Waals surface area contributed by atoms with Crippen molar-refractivity contribution in [1.82, 2.24) is 10.2 Å². The van der Waals surface area contributed by atoms with Gasteiger partial charge in [0.05, 0.1) is 0 Å². The van der Waals surface area contributed by atoms with E-state index in [1.165, 1.54) is 18.2 Å². The van der Waals surface area contributed by atoms with Crippen LogP contribution in [0.2, 0.25) is 0 Å². The summed E-state index contributed by atoms with van der Waals surface area (Å²) in [4.78, 5) is 12.0. The molecule has 0 aliphatic heterocycles. The van der Waals surface area contributed by atoms with Gasteiger partial charge in [0.1, 0.15) is 18.1 Å². The van der Waals surface area contributed by atoms with Crippen molar-refractivity contribution in [1.29, 1.82) is 0 Å². The van der Waals surface area contributed by atoms with E-state index in [-0.39, 0.29) is 30.7 Å². The van der Waals surface area contributed by atoms with Crippen molar-refractivity contribution in [2.75, 3.05) is 12.0 Å². The van der Waals surface area contributed by atoms with E-state index < -0.39 is 17.9 Å². The summed E-state index contributed by atoms with van der Waals surface area (Å²) >= 11 is 0. The van der Waals surface area contributed by atoms with Crippen LogP contribution in [0.4, 0.5) is 14.8 Å². The average Bonchev–Trinajstić information content (AvgIpc) is 3.26. The van der Waals surface area contributed by atoms with Crippen LogP contribution in [0, 0.1) is 5.82 Å². The summed E-state index contributed by atoms with van der Waals surface area (Å²) in [6.07, 6.45) is 0.0885. The Morgan fingerprint density at radius 3 is 2.58 bits per heavy atom. The number of hydrogen-bond donors (Lipinski definition) is 2. The Hall–Kier alpha value is -3.59. The number of fused-ring (bicyclic) bond motifs is 1. The molecule has 4 aromatic rings. The maximum atomic E-state index is 13.2. The van der Waals surface area contributed by atoms with Crippen LogP contribution in [0.15, 0.2) is 62.2 Å². The maximum Gasteiger partial charge on any atom is 0.336 e. The second kappa shape index (κ2) is 8.27. The van der Waals surface area contributed by atoms with Crippen LogP contribution < -0.4 is 10.9 Å². The third-order valence-corrected chi connectivity index (χ3v) is 5.04. The van der Waals surface area contributed by atoms with Gasteiger partial charge in [-0.25, -0.2) is 13.6 Å². The number of nitrogens with one attached hydrogen (secondary N) is 1. The molecule has 31 heavy (non-hydrogen) atoms. The highest BCUT2D eigenvalue weighted by molar-refractivity contribution is 5.93. The topological polar surface area (TPSA) is 101 Å². The second-order valence-corrected chi connectivity index (χ2v) is 7.10. The molecule has 2 N–H and O–H groups in total. The second-order valence-electron chi connectivity index (χ2n) is 7.10. The molecular weight excluding hydrogens is 408 g/mol. The van der Waals surface area contributed by atoms with Crippen molar-refractivity contribution in [2.24, 2.45) is 0 Å². The Morgan fingerprint density at radius 1 is 1.10 bits per heavy atom. The molecule has 9 heteroatoms. The Balaban J connectivity index is 1.58. The van der Waals surface area contributed by atoms with Crippen molar-refractivity contribution >= 4 is 17.0 Å². The predicted octanol–water partition coefficient (Wildman–Crippen LogP) is 4.16. The number of aliphatic hydroxyl groups is 1. The number of hydrogen-bond acceptors (Lipinski definition) is 7. The first kappa shape index (κ1) is 20.7. The number of alkyl halides is 1. The van der Waals surface area contributed by atoms with Crippen molar-refractivity contribution in [3.8, 4) is 11.1 Å². The van der Waals surface area contributed by atoms with Gasteiger partial charge in [-0.05, 0) is 41.3 Å². The summed E-state index contributed by atoms with van der Waals surface area (Å²) in [5.74, 6) is -0.564. The van der Waals surface area contributed by atoms with Crippen LogP contribution in [0.1, 0.15) is 24.8 Å². The first-order valence-electron chi connectivity index (χ1n) is 9.61. The fourth-order valence-corrected chi connectivity index (χ4v) is 3.15. The summed E-state index contributed by atoms with van der Waals surface area (Å²) in [7, 11) is 0. The van der Waals surface area contributed by atoms with Gasteiger partial charge in [-0.2, -0.15) is 0 Å². The summed E-state index contributed by atoms with van der Waals surface area (Å²) in [5, 5.41) is 21.2. The average molecular weight is 427 g/mol. The maximum absolute atomic E-state index is 13.2. The standard InChI is InChI=1S/C22H19F2N3O4/c1-2-22(29,12-23)20-26-27-21(31-20)25-11-13-3-8-16-17(10-19(28)30-18(16)9-13)14-4-6-15(24)7-5-14/h3-10,29H,2,11-12H2,1H3,(H,25,27)/t22-/m0/s1. The zero-order chi connectivity index (χ0) is 22.0. The molecule has 2 aromatic carbocycles. The van der Waals surface area contributed by atoms with Gasteiger partial charge < -0.3 is 19.3 Å². The fourth-order valence-electron chi connectivity index (χ4n) is 3.15. The van der Waals surface area contributed by atoms with Gasteiger partial charge >= 0.3 is 11.6 Å². The molecule has 1 atom stereocenters. The zero-order valence-electron chi connectivity index (χ0n) is 16.6. The number of aromatic nitrogens is 2. The number of rotatable bonds is 7. The molecule has 4 rings (SSSR count). The highest BCUT2D eigenvalue weighted by Crippen LogP contribution is 2.29. The summed E-state index contributed by atoms with van der Waals surface area (Å²) in [5.41, 5.74) is 0.120. The molecule has 0 amide bonds. The summed E-state index contributed by atoms with van der Waals surface area (Å²) < 4.78 is 37.0. The largest absolute Gasteiger partial charge is 0.423 e. The quantitative estimate of drug-likeness (QED) is 0.427. The smallest absolute Gasteiger partial charge is 0.336 e. The lowest BCUT2D eigenvalue weighted by Gasteiger charge is -2.17. The Morgan fingerprint density at radius 2 is 1.87 bits per heavy atom. The Bertz CT molecular complexity index is 1260. The van der Waals surface area contributed by atoms with E-state index in [0.717, 1.165) is 5.56 Å². The molecule has 0 aliphatic carbocycles. The predicted molar refractivity (Wildman–Crippen MR) is 110 cm³/mol.